The number of carbonyl (C=O) groups excluding carboxylic acids is 1. The number of hydrogen-bond acceptors (Lipinski definition) is 7. The maximum atomic E-state index is 15.8. The summed E-state index contributed by atoms with van der Waals surface area (Å²) in [6, 6.07) is 7.04. The molecule has 5 rings (SSSR count). The Morgan fingerprint density at radius 3 is 2.89 bits per heavy atom. The van der Waals surface area contributed by atoms with Crippen molar-refractivity contribution in [1.82, 2.24) is 20.0 Å². The van der Waals surface area contributed by atoms with Crippen LogP contribution in [0.5, 0.6) is 0 Å². The summed E-state index contributed by atoms with van der Waals surface area (Å²) in [5.74, 6) is -0.687. The summed E-state index contributed by atoms with van der Waals surface area (Å²) in [6.07, 6.45) is 7.29. The third-order valence-corrected chi connectivity index (χ3v) is 7.24. The minimum absolute atomic E-state index is 0.00340. The van der Waals surface area contributed by atoms with Crippen LogP contribution in [0.4, 0.5) is 20.9 Å². The Labute approximate surface area is 223 Å². The zero-order valence-corrected chi connectivity index (χ0v) is 22.0. The van der Waals surface area contributed by atoms with Crippen molar-refractivity contribution < 1.29 is 14.0 Å². The number of aromatic nitrogens is 3. The fraction of sp³-hybridized carbons (Fsp3) is 0.346. The van der Waals surface area contributed by atoms with Gasteiger partial charge in [-0.25, -0.2) is 19.8 Å². The summed E-state index contributed by atoms with van der Waals surface area (Å²) in [5, 5.41) is 9.54. The molecule has 0 radical (unpaired) electrons. The van der Waals surface area contributed by atoms with E-state index >= 15 is 4.39 Å². The molecule has 1 aliphatic rings. The van der Waals surface area contributed by atoms with E-state index in [0.29, 0.717) is 35.3 Å². The number of fused-ring (bicyclic) bond motifs is 1. The molecule has 1 saturated carbocycles. The van der Waals surface area contributed by atoms with Crippen molar-refractivity contribution in [2.45, 2.75) is 39.2 Å². The van der Waals surface area contributed by atoms with Crippen LogP contribution < -0.4 is 16.1 Å². The first-order chi connectivity index (χ1) is 18.0. The lowest BCUT2D eigenvalue weighted by molar-refractivity contribution is 0.0271. The number of halogens is 2. The molecule has 194 valence electrons. The van der Waals surface area contributed by atoms with Gasteiger partial charge in [0.25, 0.3) is 5.91 Å². The van der Waals surface area contributed by atoms with Crippen LogP contribution in [0, 0.1) is 18.7 Å². The van der Waals surface area contributed by atoms with Crippen LogP contribution in [-0.2, 0) is 11.4 Å². The van der Waals surface area contributed by atoms with Crippen molar-refractivity contribution in [2.24, 2.45) is 5.92 Å². The van der Waals surface area contributed by atoms with E-state index in [0.717, 1.165) is 42.9 Å². The molecular weight excluding hydrogens is 515 g/mol. The number of benzene rings is 2. The molecule has 2 aromatic carbocycles. The molecule has 1 amide bonds. The second-order valence-electron chi connectivity index (χ2n) is 9.18. The highest BCUT2D eigenvalue weighted by molar-refractivity contribution is 7.13. The van der Waals surface area contributed by atoms with Crippen molar-refractivity contribution in [2.75, 3.05) is 23.8 Å². The van der Waals surface area contributed by atoms with Gasteiger partial charge in [-0.1, -0.05) is 17.7 Å². The van der Waals surface area contributed by atoms with Crippen LogP contribution in [0.2, 0.25) is 5.02 Å². The van der Waals surface area contributed by atoms with E-state index < -0.39 is 11.7 Å². The van der Waals surface area contributed by atoms with Crippen molar-refractivity contribution >= 4 is 56.4 Å². The minimum atomic E-state index is -0.620. The molecule has 1 aliphatic carbocycles. The first kappa shape index (κ1) is 25.4. The second kappa shape index (κ2) is 11.5. The lowest BCUT2D eigenvalue weighted by Crippen LogP contribution is -2.26. The molecule has 0 atom stereocenters. The summed E-state index contributed by atoms with van der Waals surface area (Å²) in [5.41, 5.74) is 4.78. The highest BCUT2D eigenvalue weighted by atomic mass is 35.5. The second-order valence-corrected chi connectivity index (χ2v) is 10.5. The highest BCUT2D eigenvalue weighted by Gasteiger charge is 2.25. The number of hydrogen-bond donors (Lipinski definition) is 3. The number of imidazole rings is 1. The summed E-state index contributed by atoms with van der Waals surface area (Å²) < 4.78 is 17.7. The van der Waals surface area contributed by atoms with Crippen molar-refractivity contribution in [3.63, 3.8) is 0 Å². The number of nitrogens with one attached hydrogen (secondary N) is 3. The summed E-state index contributed by atoms with van der Waals surface area (Å²) >= 11 is 7.95. The Hall–Kier alpha value is -3.21. The van der Waals surface area contributed by atoms with Crippen LogP contribution in [0.25, 0.3) is 11.0 Å². The van der Waals surface area contributed by atoms with E-state index in [4.69, 9.17) is 16.4 Å². The van der Waals surface area contributed by atoms with Gasteiger partial charge >= 0.3 is 0 Å². The summed E-state index contributed by atoms with van der Waals surface area (Å²) in [6.45, 7) is 3.77. The van der Waals surface area contributed by atoms with Gasteiger partial charge < -0.3 is 15.2 Å². The first-order valence-electron chi connectivity index (χ1n) is 12.3. The van der Waals surface area contributed by atoms with Crippen LogP contribution >= 0.6 is 22.9 Å². The van der Waals surface area contributed by atoms with Crippen molar-refractivity contribution in [1.29, 1.82) is 0 Å². The maximum absolute atomic E-state index is 15.8. The zero-order valence-electron chi connectivity index (χ0n) is 20.4. The summed E-state index contributed by atoms with van der Waals surface area (Å²) in [7, 11) is 0. The molecule has 2 heterocycles. The molecule has 8 nitrogen and oxygen atoms in total. The third kappa shape index (κ3) is 6.20. The molecule has 0 unspecified atom stereocenters. The molecule has 11 heteroatoms. The predicted octanol–water partition coefficient (Wildman–Crippen LogP) is 6.30. The molecule has 0 spiro atoms. The zero-order chi connectivity index (χ0) is 25.8. The number of aryl methyl sites for hydroxylation is 2. The lowest BCUT2D eigenvalue weighted by Gasteiger charge is -2.16. The third-order valence-electron chi connectivity index (χ3n) is 6.20. The Kier molecular flexibility index (Phi) is 7.87. The van der Waals surface area contributed by atoms with Gasteiger partial charge in [-0.2, -0.15) is 0 Å². The number of carbonyl (C=O) groups is 1. The number of amides is 1. The van der Waals surface area contributed by atoms with Gasteiger partial charge in [-0.15, -0.1) is 11.3 Å². The Morgan fingerprint density at radius 1 is 1.27 bits per heavy atom. The van der Waals surface area contributed by atoms with E-state index in [9.17, 15) is 4.79 Å². The van der Waals surface area contributed by atoms with Crippen molar-refractivity contribution in [3.8, 4) is 0 Å². The molecule has 37 heavy (non-hydrogen) atoms. The molecular formula is C26H28ClFN6O2S. The Morgan fingerprint density at radius 2 is 2.14 bits per heavy atom. The topological polar surface area (TPSA) is 93.1 Å². The van der Waals surface area contributed by atoms with Crippen LogP contribution in [0.1, 0.15) is 41.6 Å². The largest absolute Gasteiger partial charge is 0.362 e. The SMILES string of the molecule is Cc1ccc(Nc2c(C(=O)NOCC3CC3)cc3c(ncn3CCCCNc3nccs3)c2F)c(Cl)c1. The fourth-order valence-electron chi connectivity index (χ4n) is 3.97. The molecule has 2 aromatic heterocycles. The van der Waals surface area contributed by atoms with E-state index in [1.54, 1.807) is 42.1 Å². The molecule has 0 bridgehead atoms. The Bertz CT molecular complexity index is 1390. The molecule has 1 fully saturated rings. The minimum Gasteiger partial charge on any atom is -0.362 e. The fourth-order valence-corrected chi connectivity index (χ4v) is 4.81. The smallest absolute Gasteiger partial charge is 0.277 e. The number of thiazole rings is 1. The number of anilines is 3. The molecule has 0 aliphatic heterocycles. The summed E-state index contributed by atoms with van der Waals surface area (Å²) in [4.78, 5) is 27.0. The van der Waals surface area contributed by atoms with Crippen molar-refractivity contribution in [3.05, 3.63) is 64.1 Å². The predicted molar refractivity (Wildman–Crippen MR) is 145 cm³/mol. The van der Waals surface area contributed by atoms with Crippen LogP contribution in [-0.4, -0.2) is 33.6 Å². The normalized spacial score (nSPS) is 13.2. The van der Waals surface area contributed by atoms with Gasteiger partial charge in [0, 0.05) is 24.7 Å². The number of unbranched alkanes of at least 4 members (excludes halogenated alkanes) is 1. The number of rotatable bonds is 12. The van der Waals surface area contributed by atoms with Gasteiger partial charge in [-0.05, 0) is 62.3 Å². The van der Waals surface area contributed by atoms with E-state index in [1.807, 2.05) is 22.9 Å². The quantitative estimate of drug-likeness (QED) is 0.144. The van der Waals surface area contributed by atoms with Gasteiger partial charge in [-0.3, -0.25) is 9.63 Å². The van der Waals surface area contributed by atoms with Crippen LogP contribution in [0.15, 0.2) is 42.2 Å². The average Bonchev–Trinajstić information content (AvgIpc) is 3.38. The Balaban J connectivity index is 1.37. The van der Waals surface area contributed by atoms with Gasteiger partial charge in [0.1, 0.15) is 5.52 Å². The van der Waals surface area contributed by atoms with E-state index in [1.165, 1.54) is 0 Å². The maximum Gasteiger partial charge on any atom is 0.277 e. The highest BCUT2D eigenvalue weighted by Crippen LogP contribution is 2.34. The first-order valence-corrected chi connectivity index (χ1v) is 13.5. The van der Waals surface area contributed by atoms with Gasteiger partial charge in [0.2, 0.25) is 0 Å². The monoisotopic (exact) mass is 542 g/mol. The van der Waals surface area contributed by atoms with Gasteiger partial charge in [0.15, 0.2) is 10.9 Å². The average molecular weight is 543 g/mol. The van der Waals surface area contributed by atoms with E-state index in [2.05, 4.69) is 26.1 Å². The van der Waals surface area contributed by atoms with Gasteiger partial charge in [0.05, 0.1) is 40.4 Å². The standard InChI is InChI=1S/C26H28ClFN6O2S/c1-16-4-7-20(19(27)12-16)32-23-18(25(35)33-36-14-17-5-6-17)13-21-24(22(23)28)31-15-34(21)10-3-2-8-29-26-30-9-11-37-26/h4,7,9,11-13,15,17,32H,2-3,5-6,8,10,14H2,1H3,(H,29,30)(H,33,35). The molecule has 4 aromatic rings. The number of hydroxylamine groups is 1. The lowest BCUT2D eigenvalue weighted by atomic mass is 10.1. The number of nitrogens with zero attached hydrogens (tertiary/aromatic N) is 3. The van der Waals surface area contributed by atoms with Crippen LogP contribution in [0.3, 0.4) is 0 Å². The molecule has 3 N–H and O–H groups in total. The van der Waals surface area contributed by atoms with E-state index in [-0.39, 0.29) is 16.8 Å². The molecule has 0 saturated heterocycles.